The van der Waals surface area contributed by atoms with Gasteiger partial charge in [0.2, 0.25) is 5.91 Å². The van der Waals surface area contributed by atoms with Gasteiger partial charge in [-0.3, -0.25) is 4.79 Å². The lowest BCUT2D eigenvalue weighted by molar-refractivity contribution is -0.359. The maximum atomic E-state index is 13.3. The Kier molecular flexibility index (Phi) is 45.1. The number of hydrogen-bond donors (Lipinski definition) is 9. The van der Waals surface area contributed by atoms with Crippen molar-refractivity contribution in [3.8, 4) is 0 Å². The molecule has 2 rings (SSSR count). The molecular weight excluding hydrogens is 967 g/mol. The van der Waals surface area contributed by atoms with Gasteiger partial charge >= 0.3 is 0 Å². The fraction of sp³-hybridized carbons (Fsp3) is 0.952. The number of amides is 1. The summed E-state index contributed by atoms with van der Waals surface area (Å²) in [5, 5.41) is 87.2. The molecule has 2 saturated heterocycles. The van der Waals surface area contributed by atoms with Crippen LogP contribution in [0.2, 0.25) is 0 Å². The van der Waals surface area contributed by atoms with Crippen LogP contribution in [0.15, 0.2) is 12.2 Å². The molecule has 2 aliphatic heterocycles. The molecule has 2 fully saturated rings. The normalized spacial score (nSPS) is 24.9. The summed E-state index contributed by atoms with van der Waals surface area (Å²) in [6.07, 6.45) is 39.7. The van der Waals surface area contributed by atoms with Crippen molar-refractivity contribution in [3.63, 3.8) is 0 Å². The first-order valence-corrected chi connectivity index (χ1v) is 31.9. The fourth-order valence-corrected chi connectivity index (χ4v) is 10.8. The lowest BCUT2D eigenvalue weighted by Gasteiger charge is -2.46. The Morgan fingerprint density at radius 3 is 1.21 bits per heavy atom. The van der Waals surface area contributed by atoms with Crippen molar-refractivity contribution in [2.75, 3.05) is 19.8 Å². The molecule has 1 amide bonds. The van der Waals surface area contributed by atoms with Crippen LogP contribution in [-0.2, 0) is 23.7 Å². The minimum Gasteiger partial charge on any atom is -0.394 e. The van der Waals surface area contributed by atoms with Crippen LogP contribution >= 0.6 is 0 Å². The van der Waals surface area contributed by atoms with Crippen molar-refractivity contribution in [3.05, 3.63) is 12.2 Å². The quantitative estimate of drug-likeness (QED) is 0.0204. The van der Waals surface area contributed by atoms with Crippen LogP contribution in [0.5, 0.6) is 0 Å². The summed E-state index contributed by atoms with van der Waals surface area (Å²) < 4.78 is 22.8. The summed E-state index contributed by atoms with van der Waals surface area (Å²) in [5.74, 6) is -0.233. The third-order valence-electron chi connectivity index (χ3n) is 16.0. The lowest BCUT2D eigenvalue weighted by atomic mass is 9.97. The van der Waals surface area contributed by atoms with Crippen LogP contribution in [0.4, 0.5) is 0 Å². The van der Waals surface area contributed by atoms with Gasteiger partial charge in [-0.15, -0.1) is 0 Å². The van der Waals surface area contributed by atoms with Crippen molar-refractivity contribution < 1.29 is 64.6 Å². The second kappa shape index (κ2) is 48.4. The van der Waals surface area contributed by atoms with E-state index in [0.29, 0.717) is 6.42 Å². The van der Waals surface area contributed by atoms with Crippen LogP contribution in [0.25, 0.3) is 0 Å². The molecule has 9 N–H and O–H groups in total. The lowest BCUT2D eigenvalue weighted by Crippen LogP contribution is -2.65. The van der Waals surface area contributed by atoms with E-state index in [4.69, 9.17) is 18.9 Å². The van der Waals surface area contributed by atoms with E-state index in [1.54, 1.807) is 6.08 Å². The van der Waals surface area contributed by atoms with Crippen molar-refractivity contribution >= 4 is 5.91 Å². The molecule has 0 aromatic rings. The molecule has 0 aromatic heterocycles. The average Bonchev–Trinajstić information content (AvgIpc) is 3.42. The highest BCUT2D eigenvalue weighted by atomic mass is 16.7. The van der Waals surface area contributed by atoms with E-state index < -0.39 is 86.8 Å². The number of aliphatic hydroxyl groups is 8. The molecule has 2 aliphatic rings. The van der Waals surface area contributed by atoms with E-state index in [1.165, 1.54) is 218 Å². The molecule has 0 aromatic carbocycles. The van der Waals surface area contributed by atoms with Crippen molar-refractivity contribution in [2.45, 2.75) is 357 Å². The average molecular weight is 1090 g/mol. The SMILES string of the molecule is CCCCCCCCCCCCCCCC/C=C/C(O)C(COC1OC(CO)C(OC2OC(CO)C(O)C(O)C2O)C(O)C1O)NC(=O)CCCCCCCCCCCCCCCCCCCCCCCCCCCC. The largest absolute Gasteiger partial charge is 0.394 e. The highest BCUT2D eigenvalue weighted by Crippen LogP contribution is 2.30. The number of allylic oxidation sites excluding steroid dienone is 1. The minimum absolute atomic E-state index is 0.233. The zero-order valence-corrected chi connectivity index (χ0v) is 48.5. The maximum absolute atomic E-state index is 13.3. The Morgan fingerprint density at radius 2 is 0.816 bits per heavy atom. The molecule has 0 spiro atoms. The van der Waals surface area contributed by atoms with Crippen molar-refractivity contribution in [1.29, 1.82) is 0 Å². The molecule has 12 unspecified atom stereocenters. The molecule has 0 saturated carbocycles. The second-order valence-electron chi connectivity index (χ2n) is 22.9. The van der Waals surface area contributed by atoms with E-state index in [0.717, 1.165) is 38.5 Å². The number of carbonyl (C=O) groups excluding carboxylic acids is 1. The number of rotatable bonds is 52. The number of aliphatic hydroxyl groups excluding tert-OH is 8. The number of nitrogens with one attached hydrogen (secondary N) is 1. The van der Waals surface area contributed by atoms with E-state index in [9.17, 15) is 45.6 Å². The summed E-state index contributed by atoms with van der Waals surface area (Å²) >= 11 is 0. The summed E-state index contributed by atoms with van der Waals surface area (Å²) in [6, 6.07) is -0.909. The van der Waals surface area contributed by atoms with Gasteiger partial charge in [0, 0.05) is 6.42 Å². The summed E-state index contributed by atoms with van der Waals surface area (Å²) in [4.78, 5) is 13.3. The highest BCUT2D eigenvalue weighted by Gasteiger charge is 2.51. The van der Waals surface area contributed by atoms with E-state index >= 15 is 0 Å². The first-order chi connectivity index (χ1) is 37.1. The van der Waals surface area contributed by atoms with Crippen LogP contribution < -0.4 is 5.32 Å². The van der Waals surface area contributed by atoms with Crippen LogP contribution in [-0.4, -0.2) is 140 Å². The topological polar surface area (TPSA) is 228 Å². The predicted octanol–water partition coefficient (Wildman–Crippen LogP) is 11.5. The first kappa shape index (κ1) is 70.8. The van der Waals surface area contributed by atoms with Gasteiger partial charge < -0.3 is 65.1 Å². The molecule has 0 radical (unpaired) electrons. The van der Waals surface area contributed by atoms with Gasteiger partial charge in [-0.2, -0.15) is 0 Å². The standard InChI is InChI=1S/C62H119NO13/c1-3-5-7-9-11-13-15-17-19-21-22-23-24-25-26-27-28-29-30-32-34-36-38-40-42-44-46-54(67)63-50(51(66)45-43-41-39-37-35-33-31-20-18-16-14-12-10-8-6-4-2)49-73-61-59(72)57(70)60(53(48-65)75-61)76-62-58(71)56(69)55(68)52(47-64)74-62/h43,45,50-53,55-62,64-66,68-72H,3-42,44,46-49H2,1-2H3,(H,63,67)/b45-43+. The minimum atomic E-state index is -1.79. The Balaban J connectivity index is 1.70. The summed E-state index contributed by atoms with van der Waals surface area (Å²) in [6.45, 7) is 2.84. The molecule has 14 nitrogen and oxygen atoms in total. The number of unbranched alkanes of at least 4 members (excludes halogenated alkanes) is 39. The molecule has 12 atom stereocenters. The molecule has 14 heteroatoms. The maximum Gasteiger partial charge on any atom is 0.220 e. The molecule has 0 aliphatic carbocycles. The van der Waals surface area contributed by atoms with Gasteiger partial charge in [-0.25, -0.2) is 0 Å². The number of hydrogen-bond acceptors (Lipinski definition) is 13. The van der Waals surface area contributed by atoms with Gasteiger partial charge in [0.15, 0.2) is 12.6 Å². The third kappa shape index (κ3) is 33.5. The van der Waals surface area contributed by atoms with Crippen molar-refractivity contribution in [1.82, 2.24) is 5.32 Å². The predicted molar refractivity (Wildman–Crippen MR) is 305 cm³/mol. The molecule has 2 heterocycles. The molecule has 0 bridgehead atoms. The number of carbonyl (C=O) groups is 1. The van der Waals surface area contributed by atoms with Gasteiger partial charge in [0.25, 0.3) is 0 Å². The van der Waals surface area contributed by atoms with Gasteiger partial charge in [-0.1, -0.05) is 270 Å². The smallest absolute Gasteiger partial charge is 0.220 e. The van der Waals surface area contributed by atoms with Gasteiger partial charge in [0.05, 0.1) is 32.0 Å². The first-order valence-electron chi connectivity index (χ1n) is 31.9. The Bertz CT molecular complexity index is 1330. The third-order valence-corrected chi connectivity index (χ3v) is 16.0. The monoisotopic (exact) mass is 1090 g/mol. The van der Waals surface area contributed by atoms with Crippen LogP contribution in [0, 0.1) is 0 Å². The zero-order chi connectivity index (χ0) is 55.3. The Hall–Kier alpha value is -1.27. The van der Waals surface area contributed by atoms with Crippen LogP contribution in [0.1, 0.15) is 284 Å². The molecule has 450 valence electrons. The number of ether oxygens (including phenoxy) is 4. The van der Waals surface area contributed by atoms with Gasteiger partial charge in [0.1, 0.15) is 48.8 Å². The van der Waals surface area contributed by atoms with E-state index in [1.807, 2.05) is 6.08 Å². The Labute approximate surface area is 463 Å². The summed E-state index contributed by atoms with van der Waals surface area (Å²) in [5.41, 5.74) is 0. The van der Waals surface area contributed by atoms with Gasteiger partial charge in [-0.05, 0) is 19.3 Å². The van der Waals surface area contributed by atoms with Crippen molar-refractivity contribution in [2.24, 2.45) is 0 Å². The molecular formula is C62H119NO13. The van der Waals surface area contributed by atoms with Crippen LogP contribution in [0.3, 0.4) is 0 Å². The van der Waals surface area contributed by atoms with E-state index in [-0.39, 0.29) is 18.9 Å². The Morgan fingerprint density at radius 1 is 0.461 bits per heavy atom. The zero-order valence-electron chi connectivity index (χ0n) is 48.5. The summed E-state index contributed by atoms with van der Waals surface area (Å²) in [7, 11) is 0. The highest BCUT2D eigenvalue weighted by molar-refractivity contribution is 5.76. The van der Waals surface area contributed by atoms with E-state index in [2.05, 4.69) is 19.2 Å². The molecule has 76 heavy (non-hydrogen) atoms. The second-order valence-corrected chi connectivity index (χ2v) is 22.9. The fourth-order valence-electron chi connectivity index (χ4n) is 10.8.